The molecular formula is C15H15NO5. The van der Waals surface area contributed by atoms with Gasteiger partial charge in [0.25, 0.3) is 5.78 Å². The van der Waals surface area contributed by atoms with Gasteiger partial charge >= 0.3 is 11.9 Å². The maximum absolute atomic E-state index is 12.3. The van der Waals surface area contributed by atoms with Crippen LogP contribution in [0.2, 0.25) is 0 Å². The summed E-state index contributed by atoms with van der Waals surface area (Å²) in [6.07, 6.45) is -0.119. The highest BCUT2D eigenvalue weighted by Crippen LogP contribution is 2.24. The summed E-state index contributed by atoms with van der Waals surface area (Å²) in [5.74, 6) is -2.21. The van der Waals surface area contributed by atoms with Crippen molar-refractivity contribution in [3.05, 3.63) is 35.5 Å². The number of fused-ring (bicyclic) bond motifs is 1. The van der Waals surface area contributed by atoms with Crippen LogP contribution in [0.3, 0.4) is 0 Å². The number of rotatable bonds is 5. The number of Topliss-reactive ketones (excluding diaryl/α,β-unsaturated/α-hetero) is 1. The number of H-pyrrole nitrogens is 1. The van der Waals surface area contributed by atoms with Gasteiger partial charge in [0, 0.05) is 16.6 Å². The molecule has 21 heavy (non-hydrogen) atoms. The number of aromatic amines is 1. The Morgan fingerprint density at radius 3 is 2.57 bits per heavy atom. The minimum Gasteiger partial charge on any atom is -0.469 e. The largest absolute Gasteiger partial charge is 0.469 e. The monoisotopic (exact) mass is 289 g/mol. The number of nitrogens with one attached hydrogen (secondary N) is 1. The molecule has 6 heteroatoms. The molecule has 0 atom stereocenters. The Hall–Kier alpha value is -2.63. The molecule has 2 rings (SSSR count). The number of para-hydroxylation sites is 1. The van der Waals surface area contributed by atoms with Gasteiger partial charge in [0.2, 0.25) is 0 Å². The van der Waals surface area contributed by atoms with E-state index in [9.17, 15) is 14.4 Å². The SMILES string of the molecule is CCOC(=O)C(=O)c1c(CC(=O)OC)[nH]c2ccccc12. The van der Waals surface area contributed by atoms with Gasteiger partial charge in [0.1, 0.15) is 0 Å². The third kappa shape index (κ3) is 2.94. The Morgan fingerprint density at radius 2 is 1.90 bits per heavy atom. The Kier molecular flexibility index (Phi) is 4.37. The van der Waals surface area contributed by atoms with Crippen LogP contribution in [0.5, 0.6) is 0 Å². The van der Waals surface area contributed by atoms with Crippen molar-refractivity contribution in [1.82, 2.24) is 4.98 Å². The first-order valence-electron chi connectivity index (χ1n) is 6.46. The van der Waals surface area contributed by atoms with E-state index in [1.165, 1.54) is 7.11 Å². The highest BCUT2D eigenvalue weighted by atomic mass is 16.5. The quantitative estimate of drug-likeness (QED) is 0.513. The predicted molar refractivity (Wildman–Crippen MR) is 75.0 cm³/mol. The molecule has 0 saturated carbocycles. The van der Waals surface area contributed by atoms with Crippen LogP contribution in [0.15, 0.2) is 24.3 Å². The third-order valence-electron chi connectivity index (χ3n) is 3.02. The first kappa shape index (κ1) is 14.8. The molecule has 0 amide bonds. The Balaban J connectivity index is 2.52. The molecule has 0 unspecified atom stereocenters. The number of hydrogen-bond donors (Lipinski definition) is 1. The molecule has 0 aliphatic heterocycles. The van der Waals surface area contributed by atoms with Crippen LogP contribution in [0, 0.1) is 0 Å². The van der Waals surface area contributed by atoms with Crippen molar-refractivity contribution in [2.45, 2.75) is 13.3 Å². The lowest BCUT2D eigenvalue weighted by atomic mass is 10.0. The van der Waals surface area contributed by atoms with Gasteiger partial charge in [-0.15, -0.1) is 0 Å². The van der Waals surface area contributed by atoms with Gasteiger partial charge in [-0.2, -0.15) is 0 Å². The summed E-state index contributed by atoms with van der Waals surface area (Å²) in [5, 5.41) is 0.578. The fraction of sp³-hybridized carbons (Fsp3) is 0.267. The number of methoxy groups -OCH3 is 1. The number of ether oxygens (including phenoxy) is 2. The lowest BCUT2D eigenvalue weighted by Gasteiger charge is -2.03. The lowest BCUT2D eigenvalue weighted by Crippen LogP contribution is -2.19. The molecule has 0 saturated heterocycles. The maximum atomic E-state index is 12.3. The second-order valence-corrected chi connectivity index (χ2v) is 4.33. The van der Waals surface area contributed by atoms with Gasteiger partial charge in [0.05, 0.1) is 25.7 Å². The molecule has 0 spiro atoms. The number of carbonyl (C=O) groups is 3. The first-order chi connectivity index (χ1) is 10.1. The number of ketones is 1. The lowest BCUT2D eigenvalue weighted by molar-refractivity contribution is -0.140. The van der Waals surface area contributed by atoms with E-state index >= 15 is 0 Å². The zero-order valence-corrected chi connectivity index (χ0v) is 11.8. The van der Waals surface area contributed by atoms with Gasteiger partial charge in [0.15, 0.2) is 0 Å². The molecule has 2 aromatic rings. The van der Waals surface area contributed by atoms with Crippen molar-refractivity contribution in [3.8, 4) is 0 Å². The summed E-state index contributed by atoms with van der Waals surface area (Å²) in [6, 6.07) is 7.01. The second kappa shape index (κ2) is 6.21. The van der Waals surface area contributed by atoms with Crippen LogP contribution in [0.1, 0.15) is 23.0 Å². The second-order valence-electron chi connectivity index (χ2n) is 4.33. The van der Waals surface area contributed by atoms with Crippen LogP contribution >= 0.6 is 0 Å². The Bertz CT molecular complexity index is 701. The summed E-state index contributed by atoms with van der Waals surface area (Å²) >= 11 is 0. The summed E-state index contributed by atoms with van der Waals surface area (Å²) in [5.41, 5.74) is 1.18. The number of esters is 2. The molecule has 0 fully saturated rings. The van der Waals surface area contributed by atoms with E-state index in [-0.39, 0.29) is 18.6 Å². The predicted octanol–water partition coefficient (Wildman–Crippen LogP) is 1.63. The zero-order chi connectivity index (χ0) is 15.4. The molecule has 0 aliphatic rings. The molecule has 0 aliphatic carbocycles. The van der Waals surface area contributed by atoms with Gasteiger partial charge in [-0.3, -0.25) is 9.59 Å². The number of hydrogen-bond acceptors (Lipinski definition) is 5. The summed E-state index contributed by atoms with van der Waals surface area (Å²) < 4.78 is 9.35. The highest BCUT2D eigenvalue weighted by Gasteiger charge is 2.26. The van der Waals surface area contributed by atoms with Crippen molar-refractivity contribution < 1.29 is 23.9 Å². The third-order valence-corrected chi connectivity index (χ3v) is 3.02. The average molecular weight is 289 g/mol. The standard InChI is InChI=1S/C15H15NO5/c1-3-21-15(19)14(18)13-9-6-4-5-7-10(9)16-11(13)8-12(17)20-2/h4-7,16H,3,8H2,1-2H3. The fourth-order valence-electron chi connectivity index (χ4n) is 2.10. The molecule has 1 heterocycles. The van der Waals surface area contributed by atoms with Crippen LogP contribution in [-0.2, 0) is 25.5 Å². The van der Waals surface area contributed by atoms with Crippen molar-refractivity contribution in [3.63, 3.8) is 0 Å². The van der Waals surface area contributed by atoms with Gasteiger partial charge < -0.3 is 14.5 Å². The normalized spacial score (nSPS) is 10.4. The van der Waals surface area contributed by atoms with E-state index in [1.54, 1.807) is 31.2 Å². The van der Waals surface area contributed by atoms with Crippen molar-refractivity contribution in [2.75, 3.05) is 13.7 Å². The number of aromatic nitrogens is 1. The minimum absolute atomic E-state index is 0.110. The Labute approximate surface area is 121 Å². The molecule has 6 nitrogen and oxygen atoms in total. The maximum Gasteiger partial charge on any atom is 0.379 e. The highest BCUT2D eigenvalue weighted by molar-refractivity contribution is 6.43. The molecule has 0 radical (unpaired) electrons. The fourth-order valence-corrected chi connectivity index (χ4v) is 2.10. The summed E-state index contributed by atoms with van der Waals surface area (Å²) in [4.78, 5) is 38.4. The van der Waals surface area contributed by atoms with Crippen LogP contribution in [-0.4, -0.2) is 36.4 Å². The van der Waals surface area contributed by atoms with E-state index in [0.717, 1.165) is 0 Å². The van der Waals surface area contributed by atoms with E-state index in [2.05, 4.69) is 9.72 Å². The molecular weight excluding hydrogens is 274 g/mol. The molecule has 110 valence electrons. The topological polar surface area (TPSA) is 85.5 Å². The van der Waals surface area contributed by atoms with Crippen molar-refractivity contribution in [2.24, 2.45) is 0 Å². The van der Waals surface area contributed by atoms with Gasteiger partial charge in [-0.1, -0.05) is 18.2 Å². The molecule has 1 aromatic carbocycles. The van der Waals surface area contributed by atoms with Crippen molar-refractivity contribution in [1.29, 1.82) is 0 Å². The smallest absolute Gasteiger partial charge is 0.379 e. The van der Waals surface area contributed by atoms with Crippen LogP contribution in [0.25, 0.3) is 10.9 Å². The summed E-state index contributed by atoms with van der Waals surface area (Å²) in [6.45, 7) is 1.73. The van der Waals surface area contributed by atoms with E-state index < -0.39 is 17.7 Å². The molecule has 1 N–H and O–H groups in total. The number of carbonyl (C=O) groups excluding carboxylic acids is 3. The zero-order valence-electron chi connectivity index (χ0n) is 11.8. The van der Waals surface area contributed by atoms with Crippen molar-refractivity contribution >= 4 is 28.6 Å². The molecule has 1 aromatic heterocycles. The van der Waals surface area contributed by atoms with Crippen LogP contribution in [0.4, 0.5) is 0 Å². The van der Waals surface area contributed by atoms with Gasteiger partial charge in [-0.25, -0.2) is 4.79 Å². The van der Waals surface area contributed by atoms with E-state index in [4.69, 9.17) is 4.74 Å². The Morgan fingerprint density at radius 1 is 1.19 bits per heavy atom. The van der Waals surface area contributed by atoms with Crippen LogP contribution < -0.4 is 0 Å². The number of benzene rings is 1. The summed E-state index contributed by atoms with van der Waals surface area (Å²) in [7, 11) is 1.26. The van der Waals surface area contributed by atoms with E-state index in [1.807, 2.05) is 0 Å². The minimum atomic E-state index is -0.937. The first-order valence-corrected chi connectivity index (χ1v) is 6.46. The van der Waals surface area contributed by atoms with E-state index in [0.29, 0.717) is 16.6 Å². The molecule has 0 bridgehead atoms. The van der Waals surface area contributed by atoms with Gasteiger partial charge in [-0.05, 0) is 13.0 Å². The average Bonchev–Trinajstić information content (AvgIpc) is 2.84.